The number of allylic oxidation sites excluding steroid dienone is 2. The number of rotatable bonds is 19. The molecule has 0 aliphatic heterocycles. The average Bonchev–Trinajstić information content (AvgIpc) is 3.21. The molecule has 0 aromatic heterocycles. The van der Waals surface area contributed by atoms with E-state index in [9.17, 15) is 41.1 Å². The molecule has 0 heterocycles. The van der Waals surface area contributed by atoms with Gasteiger partial charge in [-0.2, -0.15) is 0 Å². The Balaban J connectivity index is 1.49. The monoisotopic (exact) mass is 800 g/mol. The molecule has 0 radical (unpaired) electrons. The lowest BCUT2D eigenvalue weighted by Crippen LogP contribution is -2.46. The van der Waals surface area contributed by atoms with E-state index in [1.807, 2.05) is 0 Å². The van der Waals surface area contributed by atoms with Crippen molar-refractivity contribution in [2.24, 2.45) is 0 Å². The maximum absolute atomic E-state index is 14.2. The Hall–Kier alpha value is -6.04. The van der Waals surface area contributed by atoms with Crippen molar-refractivity contribution in [2.45, 2.75) is 65.1 Å². The fourth-order valence-electron chi connectivity index (χ4n) is 5.71. The van der Waals surface area contributed by atoms with Gasteiger partial charge in [-0.1, -0.05) is 84.4 Å². The molecule has 0 bridgehead atoms. The normalized spacial score (nSPS) is 13.0. The minimum absolute atomic E-state index is 0.00369. The van der Waals surface area contributed by atoms with E-state index in [1.54, 1.807) is 37.3 Å². The highest BCUT2D eigenvalue weighted by molar-refractivity contribution is 8.10. The van der Waals surface area contributed by atoms with E-state index in [0.717, 1.165) is 0 Å². The molecule has 2 atom stereocenters. The molecule has 292 valence electrons. The van der Waals surface area contributed by atoms with Gasteiger partial charge in [0.1, 0.15) is 0 Å². The largest absolute Gasteiger partial charge is 0.478 e. The second kappa shape index (κ2) is 19.5. The van der Waals surface area contributed by atoms with Crippen LogP contribution in [0.15, 0.2) is 143 Å². The first-order valence-corrected chi connectivity index (χ1v) is 20.3. The van der Waals surface area contributed by atoms with Crippen LogP contribution >= 0.6 is 0 Å². The minimum atomic E-state index is -4.56. The van der Waals surface area contributed by atoms with E-state index < -0.39 is 66.3 Å². The Labute approximate surface area is 326 Å². The van der Waals surface area contributed by atoms with Gasteiger partial charge in [0.05, 0.1) is 27.5 Å². The van der Waals surface area contributed by atoms with Crippen LogP contribution in [0.1, 0.15) is 59.7 Å². The first-order chi connectivity index (χ1) is 26.7. The highest BCUT2D eigenvalue weighted by atomic mass is 32.3. The molecule has 0 aliphatic rings. The van der Waals surface area contributed by atoms with Crippen molar-refractivity contribution in [3.8, 4) is 12.3 Å². The molecular weight excluding hydrogens is 761 g/mol. The summed E-state index contributed by atoms with van der Waals surface area (Å²) in [6, 6.07) is 29.4. The first kappa shape index (κ1) is 42.7. The number of carboxylic acids is 1. The smallest absolute Gasteiger partial charge is 0.352 e. The van der Waals surface area contributed by atoms with Gasteiger partial charge in [0.15, 0.2) is 23.8 Å². The van der Waals surface area contributed by atoms with Crippen molar-refractivity contribution in [2.75, 3.05) is 6.61 Å². The van der Waals surface area contributed by atoms with Crippen LogP contribution in [0.2, 0.25) is 0 Å². The van der Waals surface area contributed by atoms with Crippen molar-refractivity contribution in [3.05, 3.63) is 144 Å². The average molecular weight is 801 g/mol. The second-order valence-electron chi connectivity index (χ2n) is 12.5. The fourth-order valence-corrected chi connectivity index (χ4v) is 10.7. The Morgan fingerprint density at radius 2 is 1.14 bits per heavy atom. The van der Waals surface area contributed by atoms with Gasteiger partial charge in [0.2, 0.25) is 12.2 Å². The zero-order valence-corrected chi connectivity index (χ0v) is 32.0. The first-order valence-electron chi connectivity index (χ1n) is 17.3. The topological polar surface area (TPSA) is 184 Å². The summed E-state index contributed by atoms with van der Waals surface area (Å²) >= 11 is 0. The summed E-state index contributed by atoms with van der Waals surface area (Å²) in [7, 11) is -9.11. The summed E-state index contributed by atoms with van der Waals surface area (Å²) in [5.41, 5.74) is 0.690. The van der Waals surface area contributed by atoms with E-state index >= 15 is 0 Å². The number of esters is 3. The molecule has 1 N–H and O–H groups in total. The summed E-state index contributed by atoms with van der Waals surface area (Å²) in [4.78, 5) is 50.8. The fraction of sp³-hybridized carbons (Fsp3) is 0.238. The van der Waals surface area contributed by atoms with Crippen LogP contribution in [0.5, 0.6) is 0 Å². The van der Waals surface area contributed by atoms with Crippen LogP contribution in [0, 0.1) is 12.3 Å². The molecule has 14 heteroatoms. The third-order valence-corrected chi connectivity index (χ3v) is 14.4. The number of carbonyl (C=O) groups is 4. The highest BCUT2D eigenvalue weighted by Gasteiger charge is 2.55. The summed E-state index contributed by atoms with van der Waals surface area (Å²) in [6.07, 6.45) is 2.35. The summed E-state index contributed by atoms with van der Waals surface area (Å²) in [5, 5.41) is 9.95. The number of hydrogen-bond donors (Lipinski definition) is 1. The van der Waals surface area contributed by atoms with Crippen LogP contribution in [-0.4, -0.2) is 68.7 Å². The van der Waals surface area contributed by atoms with Crippen LogP contribution < -0.4 is 0 Å². The third-order valence-electron chi connectivity index (χ3n) is 8.67. The van der Waals surface area contributed by atoms with Gasteiger partial charge < -0.3 is 19.3 Å². The predicted molar refractivity (Wildman–Crippen MR) is 206 cm³/mol. The van der Waals surface area contributed by atoms with Crippen LogP contribution in [0.25, 0.3) is 0 Å². The lowest BCUT2D eigenvalue weighted by molar-refractivity contribution is -0.170. The van der Waals surface area contributed by atoms with E-state index in [4.69, 9.17) is 20.6 Å². The summed E-state index contributed by atoms with van der Waals surface area (Å²) in [6.45, 7) is 1.43. The minimum Gasteiger partial charge on any atom is -0.478 e. The van der Waals surface area contributed by atoms with Gasteiger partial charge in [0.25, 0.3) is 0 Å². The van der Waals surface area contributed by atoms with Crippen LogP contribution in [0.3, 0.4) is 0 Å². The van der Waals surface area contributed by atoms with E-state index in [0.29, 0.717) is 5.57 Å². The molecule has 4 aromatic rings. The van der Waals surface area contributed by atoms with Crippen molar-refractivity contribution >= 4 is 43.6 Å². The second-order valence-corrected chi connectivity index (χ2v) is 17.3. The molecule has 0 saturated carbocycles. The molecule has 0 amide bonds. The molecular formula is C42H40O12S2. The van der Waals surface area contributed by atoms with Crippen molar-refractivity contribution in [1.29, 1.82) is 0 Å². The zero-order chi connectivity index (χ0) is 40.8. The number of ether oxygens (including phenoxy) is 3. The molecule has 0 fully saturated rings. The van der Waals surface area contributed by atoms with E-state index in [1.165, 1.54) is 97.1 Å². The Morgan fingerprint density at radius 3 is 1.57 bits per heavy atom. The van der Waals surface area contributed by atoms with Crippen LogP contribution in [-0.2, 0) is 43.5 Å². The lowest BCUT2D eigenvalue weighted by atomic mass is 10.1. The quantitative estimate of drug-likeness (QED) is 0.0371. The van der Waals surface area contributed by atoms with Gasteiger partial charge in [-0.3, -0.25) is 0 Å². The van der Waals surface area contributed by atoms with Gasteiger partial charge in [-0.05, 0) is 81.1 Å². The number of terminal acetylenes is 1. The maximum Gasteiger partial charge on any atom is 0.352 e. The van der Waals surface area contributed by atoms with Crippen molar-refractivity contribution in [3.63, 3.8) is 0 Å². The number of benzene rings is 4. The number of hydrogen-bond acceptors (Lipinski definition) is 11. The SMILES string of the molecule is C#CCC(CC/C=C(\C)CCCOC(=O)[C@@H](OC(=O)c1ccccc1)[C@H](OC(=O)c1ccccc1)C(=O)O)(S(=O)(=O)c1ccccc1)S(=O)(=O)c1ccccc1. The molecule has 4 aromatic carbocycles. The van der Waals surface area contributed by atoms with Gasteiger partial charge in [0, 0.05) is 6.42 Å². The van der Waals surface area contributed by atoms with Gasteiger partial charge in [-0.25, -0.2) is 36.0 Å². The number of sulfone groups is 2. The molecule has 0 aliphatic carbocycles. The Bertz CT molecular complexity index is 2200. The van der Waals surface area contributed by atoms with Crippen LogP contribution in [0.4, 0.5) is 0 Å². The molecule has 0 saturated heterocycles. The van der Waals surface area contributed by atoms with Crippen molar-refractivity contribution in [1.82, 2.24) is 0 Å². The summed E-state index contributed by atoms with van der Waals surface area (Å²) < 4.78 is 70.1. The highest BCUT2D eigenvalue weighted by Crippen LogP contribution is 2.42. The van der Waals surface area contributed by atoms with Gasteiger partial charge >= 0.3 is 23.9 Å². The maximum atomic E-state index is 14.2. The molecule has 56 heavy (non-hydrogen) atoms. The number of aliphatic carboxylic acids is 1. The standard InChI is InChI=1S/C42H40O12S2/c1-3-28-42(55(48,49)34-24-12-6-13-25-34,56(50,51)35-26-14-7-15-27-35)29-16-18-31(2)19-17-30-52-41(47)37(54-40(46)33-22-10-5-11-23-33)36(38(43)44)53-39(45)32-20-8-4-9-21-32/h1,4-15,18,20-27,36-37H,16-17,19,28-30H2,2H3,(H,43,44)/b31-18+/t36-,37-/m0/s1. The molecule has 4 rings (SSSR count). The zero-order valence-electron chi connectivity index (χ0n) is 30.4. The number of carbonyl (C=O) groups excluding carboxylic acids is 3. The number of carboxylic acid groups (broad SMARTS) is 1. The Kier molecular flexibility index (Phi) is 14.9. The molecule has 0 spiro atoms. The third kappa shape index (κ3) is 10.2. The lowest BCUT2D eigenvalue weighted by Gasteiger charge is -2.31. The van der Waals surface area contributed by atoms with Gasteiger partial charge in [-0.15, -0.1) is 12.3 Å². The molecule has 12 nitrogen and oxygen atoms in total. The summed E-state index contributed by atoms with van der Waals surface area (Å²) in [5.74, 6) is -2.88. The van der Waals surface area contributed by atoms with E-state index in [-0.39, 0.29) is 53.2 Å². The molecule has 0 unspecified atom stereocenters. The predicted octanol–water partition coefficient (Wildman–Crippen LogP) is 6.24. The Morgan fingerprint density at radius 1 is 0.714 bits per heavy atom. The van der Waals surface area contributed by atoms with Crippen molar-refractivity contribution < 1.29 is 55.3 Å². The van der Waals surface area contributed by atoms with E-state index in [2.05, 4.69) is 5.92 Å².